The standard InChI is InChI=1S/C14H15ClN2O/c15-13-4-2-1-3-10(13)7-11-8-17-9-12(18)5-6-14(17)16-11/h1-4,8,12,18H,5-7,9H2. The predicted molar refractivity (Wildman–Crippen MR) is 70.8 cm³/mol. The van der Waals surface area contributed by atoms with Gasteiger partial charge in [-0.05, 0) is 18.1 Å². The molecule has 2 heterocycles. The Hall–Kier alpha value is -1.32. The van der Waals surface area contributed by atoms with Gasteiger partial charge in [-0.3, -0.25) is 0 Å². The molecule has 1 aromatic heterocycles. The third-order valence-corrected chi connectivity index (χ3v) is 3.72. The van der Waals surface area contributed by atoms with E-state index in [2.05, 4.69) is 9.55 Å². The molecule has 0 fully saturated rings. The van der Waals surface area contributed by atoms with Crippen molar-refractivity contribution < 1.29 is 5.11 Å². The van der Waals surface area contributed by atoms with Crippen molar-refractivity contribution in [3.05, 3.63) is 52.6 Å². The first-order valence-electron chi connectivity index (χ1n) is 6.19. The third-order valence-electron chi connectivity index (χ3n) is 3.35. The van der Waals surface area contributed by atoms with Gasteiger partial charge in [0.2, 0.25) is 0 Å². The maximum Gasteiger partial charge on any atom is 0.109 e. The number of benzene rings is 1. The molecule has 1 unspecified atom stereocenters. The fraction of sp³-hybridized carbons (Fsp3) is 0.357. The number of aromatic nitrogens is 2. The molecule has 1 aliphatic rings. The molecule has 3 nitrogen and oxygen atoms in total. The molecule has 1 atom stereocenters. The van der Waals surface area contributed by atoms with Crippen molar-refractivity contribution in [1.82, 2.24) is 9.55 Å². The third kappa shape index (κ3) is 2.28. The van der Waals surface area contributed by atoms with E-state index in [4.69, 9.17) is 11.6 Å². The van der Waals surface area contributed by atoms with E-state index in [1.54, 1.807) is 0 Å². The minimum absolute atomic E-state index is 0.236. The van der Waals surface area contributed by atoms with Crippen LogP contribution in [-0.4, -0.2) is 20.8 Å². The van der Waals surface area contributed by atoms with Gasteiger partial charge in [0, 0.05) is 30.6 Å². The lowest BCUT2D eigenvalue weighted by atomic mass is 10.1. The van der Waals surface area contributed by atoms with Crippen LogP contribution in [0.3, 0.4) is 0 Å². The molecule has 2 aromatic rings. The van der Waals surface area contributed by atoms with Crippen molar-refractivity contribution in [2.24, 2.45) is 0 Å². The zero-order chi connectivity index (χ0) is 12.5. The Morgan fingerprint density at radius 3 is 3.06 bits per heavy atom. The summed E-state index contributed by atoms with van der Waals surface area (Å²) in [6.07, 6.45) is 4.20. The Bertz CT molecular complexity index is 565. The van der Waals surface area contributed by atoms with Crippen molar-refractivity contribution in [3.63, 3.8) is 0 Å². The van der Waals surface area contributed by atoms with Crippen molar-refractivity contribution in [2.75, 3.05) is 0 Å². The Kier molecular flexibility index (Phi) is 3.10. The van der Waals surface area contributed by atoms with Crippen LogP contribution in [0.4, 0.5) is 0 Å². The minimum Gasteiger partial charge on any atom is -0.391 e. The van der Waals surface area contributed by atoms with Gasteiger partial charge < -0.3 is 9.67 Å². The fourth-order valence-corrected chi connectivity index (χ4v) is 2.61. The largest absolute Gasteiger partial charge is 0.391 e. The first kappa shape index (κ1) is 11.8. The molecule has 18 heavy (non-hydrogen) atoms. The van der Waals surface area contributed by atoms with Crippen LogP contribution < -0.4 is 0 Å². The summed E-state index contributed by atoms with van der Waals surface area (Å²) in [5, 5.41) is 10.4. The van der Waals surface area contributed by atoms with Gasteiger partial charge in [0.05, 0.1) is 11.8 Å². The van der Waals surface area contributed by atoms with Gasteiger partial charge in [0.1, 0.15) is 5.82 Å². The number of hydrogen-bond acceptors (Lipinski definition) is 2. The van der Waals surface area contributed by atoms with Crippen molar-refractivity contribution in [3.8, 4) is 0 Å². The maximum absolute atomic E-state index is 9.63. The van der Waals surface area contributed by atoms with Crippen LogP contribution in [-0.2, 0) is 19.4 Å². The lowest BCUT2D eigenvalue weighted by Crippen LogP contribution is -2.23. The monoisotopic (exact) mass is 262 g/mol. The highest BCUT2D eigenvalue weighted by atomic mass is 35.5. The second-order valence-electron chi connectivity index (χ2n) is 4.76. The van der Waals surface area contributed by atoms with Crippen LogP contribution in [0.5, 0.6) is 0 Å². The molecule has 0 radical (unpaired) electrons. The number of fused-ring (bicyclic) bond motifs is 1. The summed E-state index contributed by atoms with van der Waals surface area (Å²) in [5.74, 6) is 1.07. The molecule has 0 bridgehead atoms. The van der Waals surface area contributed by atoms with E-state index in [0.717, 1.165) is 41.4 Å². The molecule has 0 aliphatic carbocycles. The molecule has 0 spiro atoms. The first-order valence-corrected chi connectivity index (χ1v) is 6.56. The highest BCUT2D eigenvalue weighted by Crippen LogP contribution is 2.21. The summed E-state index contributed by atoms with van der Waals surface area (Å²) in [7, 11) is 0. The van der Waals surface area contributed by atoms with Gasteiger partial charge in [-0.15, -0.1) is 0 Å². The van der Waals surface area contributed by atoms with Crippen LogP contribution in [0.15, 0.2) is 30.5 Å². The smallest absolute Gasteiger partial charge is 0.109 e. The van der Waals surface area contributed by atoms with E-state index in [9.17, 15) is 5.11 Å². The summed E-state index contributed by atoms with van der Waals surface area (Å²) < 4.78 is 2.06. The Morgan fingerprint density at radius 2 is 2.22 bits per heavy atom. The molecule has 0 saturated carbocycles. The van der Waals surface area contributed by atoms with Crippen molar-refractivity contribution >= 4 is 11.6 Å². The molecule has 3 rings (SSSR count). The first-order chi connectivity index (χ1) is 8.72. The van der Waals surface area contributed by atoms with Crippen LogP contribution in [0.1, 0.15) is 23.5 Å². The number of nitrogens with zero attached hydrogens (tertiary/aromatic N) is 2. The van der Waals surface area contributed by atoms with E-state index in [-0.39, 0.29) is 6.10 Å². The highest BCUT2D eigenvalue weighted by molar-refractivity contribution is 6.31. The fourth-order valence-electron chi connectivity index (χ4n) is 2.41. The summed E-state index contributed by atoms with van der Waals surface area (Å²) >= 11 is 6.15. The number of hydrogen-bond donors (Lipinski definition) is 1. The van der Waals surface area contributed by atoms with Crippen LogP contribution >= 0.6 is 11.6 Å². The number of aliphatic hydroxyl groups is 1. The topological polar surface area (TPSA) is 38.1 Å². The summed E-state index contributed by atoms with van der Waals surface area (Å²) in [5.41, 5.74) is 2.11. The predicted octanol–water partition coefficient (Wildman–Crippen LogP) is 2.43. The molecule has 94 valence electrons. The second kappa shape index (κ2) is 4.75. The molecule has 1 aliphatic heterocycles. The second-order valence-corrected chi connectivity index (χ2v) is 5.17. The molecular formula is C14H15ClN2O. The van der Waals surface area contributed by atoms with Gasteiger partial charge >= 0.3 is 0 Å². The van der Waals surface area contributed by atoms with Crippen molar-refractivity contribution in [2.45, 2.75) is 31.9 Å². The number of halogens is 1. The number of imidazole rings is 1. The highest BCUT2D eigenvalue weighted by Gasteiger charge is 2.18. The van der Waals surface area contributed by atoms with Crippen molar-refractivity contribution in [1.29, 1.82) is 0 Å². The number of rotatable bonds is 2. The minimum atomic E-state index is -0.236. The maximum atomic E-state index is 9.63. The van der Waals surface area contributed by atoms with Crippen LogP contribution in [0.2, 0.25) is 5.02 Å². The Labute approximate surface area is 111 Å². The number of aryl methyl sites for hydroxylation is 1. The van der Waals surface area contributed by atoms with Crippen LogP contribution in [0.25, 0.3) is 0 Å². The lowest BCUT2D eigenvalue weighted by Gasteiger charge is -2.18. The SMILES string of the molecule is OC1CCc2nc(Cc3ccccc3Cl)cn2C1. The van der Waals surface area contributed by atoms with E-state index in [1.165, 1.54) is 0 Å². The Balaban J connectivity index is 1.84. The summed E-state index contributed by atoms with van der Waals surface area (Å²) in [6.45, 7) is 0.658. The van der Waals surface area contributed by atoms with Gasteiger partial charge in [-0.2, -0.15) is 0 Å². The zero-order valence-electron chi connectivity index (χ0n) is 10.0. The normalized spacial score (nSPS) is 18.7. The quantitative estimate of drug-likeness (QED) is 0.903. The summed E-state index contributed by atoms with van der Waals surface area (Å²) in [4.78, 5) is 4.61. The molecule has 1 aromatic carbocycles. The molecule has 1 N–H and O–H groups in total. The zero-order valence-corrected chi connectivity index (χ0v) is 10.8. The van der Waals surface area contributed by atoms with Gasteiger partial charge in [-0.25, -0.2) is 4.98 Å². The molecule has 0 amide bonds. The van der Waals surface area contributed by atoms with E-state index < -0.39 is 0 Å². The number of aliphatic hydroxyl groups excluding tert-OH is 1. The lowest BCUT2D eigenvalue weighted by molar-refractivity contribution is 0.130. The Morgan fingerprint density at radius 1 is 1.39 bits per heavy atom. The van der Waals surface area contributed by atoms with E-state index in [0.29, 0.717) is 6.54 Å². The average molecular weight is 263 g/mol. The summed E-state index contributed by atoms with van der Waals surface area (Å²) in [6, 6.07) is 7.84. The van der Waals surface area contributed by atoms with E-state index in [1.807, 2.05) is 30.5 Å². The van der Waals surface area contributed by atoms with Gasteiger partial charge in [0.15, 0.2) is 0 Å². The van der Waals surface area contributed by atoms with Gasteiger partial charge in [-0.1, -0.05) is 29.8 Å². The van der Waals surface area contributed by atoms with E-state index >= 15 is 0 Å². The average Bonchev–Trinajstić information content (AvgIpc) is 2.73. The molecule has 4 heteroatoms. The van der Waals surface area contributed by atoms with Gasteiger partial charge in [0.25, 0.3) is 0 Å². The van der Waals surface area contributed by atoms with Crippen LogP contribution in [0, 0.1) is 0 Å². The molecular weight excluding hydrogens is 248 g/mol. The molecule has 0 saturated heterocycles.